The maximum atomic E-state index is 12.8. The minimum Gasteiger partial charge on any atom is -0.497 e. The van der Waals surface area contributed by atoms with Crippen LogP contribution in [0.5, 0.6) is 11.6 Å². The fraction of sp³-hybridized carbons (Fsp3) is 0.267. The summed E-state index contributed by atoms with van der Waals surface area (Å²) in [4.78, 5) is 14.4. The van der Waals surface area contributed by atoms with Crippen molar-refractivity contribution >= 4 is 11.6 Å². The summed E-state index contributed by atoms with van der Waals surface area (Å²) in [5.74, 6) is 1.14. The zero-order chi connectivity index (χ0) is 17.6. The first-order chi connectivity index (χ1) is 12.2. The van der Waals surface area contributed by atoms with Gasteiger partial charge < -0.3 is 18.9 Å². The maximum absolute atomic E-state index is 12.8. The van der Waals surface area contributed by atoms with Crippen LogP contribution in [0, 0.1) is 0 Å². The van der Waals surface area contributed by atoms with Crippen molar-refractivity contribution in [3.05, 3.63) is 41.9 Å². The first-order valence-electron chi connectivity index (χ1n) is 7.40. The second-order valence-electron chi connectivity index (χ2n) is 4.97. The van der Waals surface area contributed by atoms with Crippen molar-refractivity contribution in [1.29, 1.82) is 0 Å². The molecule has 0 unspecified atom stereocenters. The Hall–Kier alpha value is -3.43. The van der Waals surface area contributed by atoms with E-state index in [1.165, 1.54) is 18.1 Å². The van der Waals surface area contributed by atoms with E-state index in [1.807, 2.05) is 0 Å². The maximum Gasteiger partial charge on any atom is 0.297 e. The molecule has 1 aromatic carbocycles. The molecule has 10 nitrogen and oxygen atoms in total. The third-order valence-electron chi connectivity index (χ3n) is 3.49. The van der Waals surface area contributed by atoms with Crippen molar-refractivity contribution in [1.82, 2.24) is 25.8 Å². The Bertz CT molecular complexity index is 815. The summed E-state index contributed by atoms with van der Waals surface area (Å²) in [6, 6.07) is 8.53. The average molecular weight is 344 g/mol. The number of nitrogens with zero attached hydrogens (tertiary/aromatic N) is 5. The van der Waals surface area contributed by atoms with Crippen molar-refractivity contribution in [3.8, 4) is 11.6 Å². The monoisotopic (exact) mass is 344 g/mol. The molecule has 130 valence electrons. The predicted molar refractivity (Wildman–Crippen MR) is 85.6 cm³/mol. The zero-order valence-corrected chi connectivity index (χ0v) is 13.7. The van der Waals surface area contributed by atoms with E-state index < -0.39 is 0 Å². The molecule has 25 heavy (non-hydrogen) atoms. The lowest BCUT2D eigenvalue weighted by Gasteiger charge is -2.21. The third kappa shape index (κ3) is 3.74. The number of methoxy groups -OCH3 is 2. The standard InChI is InChI=1S/C15H16N6O4/c1-23-11-5-3-10(4-6-11)21(8-7-13-16-19-20-17-13)15(22)12-9-14(24-2)18-25-12/h3-6,9H,7-8H2,1-2H3,(H,16,17,19,20). The van der Waals surface area contributed by atoms with Crippen LogP contribution in [0.25, 0.3) is 0 Å². The van der Waals surface area contributed by atoms with Crippen LogP contribution in [0.2, 0.25) is 0 Å². The van der Waals surface area contributed by atoms with Gasteiger partial charge in [0.2, 0.25) is 5.76 Å². The summed E-state index contributed by atoms with van der Waals surface area (Å²) in [7, 11) is 3.03. The molecule has 0 atom stereocenters. The van der Waals surface area contributed by atoms with Crippen molar-refractivity contribution in [2.45, 2.75) is 6.42 Å². The molecule has 0 aliphatic rings. The van der Waals surface area contributed by atoms with Gasteiger partial charge in [-0.25, -0.2) is 0 Å². The number of carbonyl (C=O) groups excluding carboxylic acids is 1. The van der Waals surface area contributed by atoms with E-state index in [9.17, 15) is 4.79 Å². The minimum atomic E-state index is -0.357. The number of aromatic nitrogens is 5. The number of tetrazole rings is 1. The van der Waals surface area contributed by atoms with Crippen molar-refractivity contribution in [2.75, 3.05) is 25.7 Å². The van der Waals surface area contributed by atoms with Gasteiger partial charge in [0, 0.05) is 18.7 Å². The molecule has 3 rings (SSSR count). The van der Waals surface area contributed by atoms with Gasteiger partial charge in [0.25, 0.3) is 11.8 Å². The quantitative estimate of drug-likeness (QED) is 0.676. The summed E-state index contributed by atoms with van der Waals surface area (Å²) >= 11 is 0. The Morgan fingerprint density at radius 1 is 1.24 bits per heavy atom. The average Bonchev–Trinajstić information content (AvgIpc) is 3.34. The lowest BCUT2D eigenvalue weighted by molar-refractivity contribution is 0.0951. The zero-order valence-electron chi connectivity index (χ0n) is 13.7. The van der Waals surface area contributed by atoms with E-state index >= 15 is 0 Å². The van der Waals surface area contributed by atoms with E-state index in [4.69, 9.17) is 14.0 Å². The molecule has 1 N–H and O–H groups in total. The number of hydrogen-bond acceptors (Lipinski definition) is 8. The van der Waals surface area contributed by atoms with Crippen molar-refractivity contribution in [3.63, 3.8) is 0 Å². The molecule has 0 saturated carbocycles. The highest BCUT2D eigenvalue weighted by atomic mass is 16.5. The van der Waals surface area contributed by atoms with Gasteiger partial charge in [-0.1, -0.05) is 5.21 Å². The number of hydrogen-bond donors (Lipinski definition) is 1. The largest absolute Gasteiger partial charge is 0.497 e. The molecule has 3 aromatic rings. The van der Waals surface area contributed by atoms with Crippen molar-refractivity contribution in [2.24, 2.45) is 0 Å². The lowest BCUT2D eigenvalue weighted by Crippen LogP contribution is -2.32. The smallest absolute Gasteiger partial charge is 0.297 e. The van der Waals surface area contributed by atoms with Gasteiger partial charge in [-0.3, -0.25) is 4.79 Å². The van der Waals surface area contributed by atoms with E-state index in [0.29, 0.717) is 30.2 Å². The minimum absolute atomic E-state index is 0.0702. The molecule has 0 saturated heterocycles. The second-order valence-corrected chi connectivity index (χ2v) is 4.97. The van der Waals surface area contributed by atoms with Crippen LogP contribution in [0.3, 0.4) is 0 Å². The highest BCUT2D eigenvalue weighted by Crippen LogP contribution is 2.22. The van der Waals surface area contributed by atoms with Crippen LogP contribution in [0.1, 0.15) is 16.4 Å². The van der Waals surface area contributed by atoms with E-state index in [0.717, 1.165) is 0 Å². The first kappa shape index (κ1) is 16.4. The fourth-order valence-corrected chi connectivity index (χ4v) is 2.20. The number of aromatic amines is 1. The van der Waals surface area contributed by atoms with Gasteiger partial charge in [0.15, 0.2) is 5.82 Å². The molecule has 1 amide bonds. The number of carbonyl (C=O) groups is 1. The Kier molecular flexibility index (Phi) is 4.88. The predicted octanol–water partition coefficient (Wildman–Crippen LogP) is 1.09. The molecule has 0 bridgehead atoms. The summed E-state index contributed by atoms with van der Waals surface area (Å²) in [5, 5.41) is 17.4. The SMILES string of the molecule is COc1ccc(N(CCc2nn[nH]n2)C(=O)c2cc(OC)no2)cc1. The fourth-order valence-electron chi connectivity index (χ4n) is 2.20. The molecule has 2 aromatic heterocycles. The number of nitrogens with one attached hydrogen (secondary N) is 1. The van der Waals surface area contributed by atoms with Gasteiger partial charge in [-0.15, -0.1) is 10.2 Å². The molecule has 0 spiro atoms. The number of rotatable bonds is 7. The number of anilines is 1. The molecule has 0 radical (unpaired) electrons. The van der Waals surface area contributed by atoms with Crippen LogP contribution >= 0.6 is 0 Å². The highest BCUT2D eigenvalue weighted by Gasteiger charge is 2.23. The van der Waals surface area contributed by atoms with E-state index in [2.05, 4.69) is 25.8 Å². The van der Waals surface area contributed by atoms with Crippen LogP contribution in [-0.2, 0) is 6.42 Å². The lowest BCUT2D eigenvalue weighted by atomic mass is 10.2. The van der Waals surface area contributed by atoms with Crippen LogP contribution in [0.4, 0.5) is 5.69 Å². The van der Waals surface area contributed by atoms with Gasteiger partial charge in [-0.05, 0) is 29.4 Å². The summed E-state index contributed by atoms with van der Waals surface area (Å²) < 4.78 is 15.2. The second kappa shape index (κ2) is 7.43. The topological polar surface area (TPSA) is 119 Å². The van der Waals surface area contributed by atoms with Gasteiger partial charge in [0.05, 0.1) is 20.3 Å². The molecule has 0 fully saturated rings. The Morgan fingerprint density at radius 2 is 2.04 bits per heavy atom. The van der Waals surface area contributed by atoms with Crippen LogP contribution < -0.4 is 14.4 Å². The molecular weight excluding hydrogens is 328 g/mol. The molecular formula is C15H16N6O4. The first-order valence-corrected chi connectivity index (χ1v) is 7.40. The van der Waals surface area contributed by atoms with Crippen LogP contribution in [-0.4, -0.2) is 52.5 Å². The van der Waals surface area contributed by atoms with E-state index in [1.54, 1.807) is 31.4 Å². The number of benzene rings is 1. The Labute approximate surface area is 142 Å². The number of ether oxygens (including phenoxy) is 2. The Morgan fingerprint density at radius 3 is 2.64 bits per heavy atom. The number of amides is 1. The molecule has 0 aliphatic heterocycles. The van der Waals surface area contributed by atoms with Gasteiger partial charge in [-0.2, -0.15) is 5.21 Å². The molecule has 2 heterocycles. The van der Waals surface area contributed by atoms with E-state index in [-0.39, 0.29) is 17.5 Å². The summed E-state index contributed by atoms with van der Waals surface area (Å²) in [5.41, 5.74) is 0.671. The molecule has 0 aliphatic carbocycles. The normalized spacial score (nSPS) is 10.5. The van der Waals surface area contributed by atoms with Crippen molar-refractivity contribution < 1.29 is 18.8 Å². The van der Waals surface area contributed by atoms with Gasteiger partial charge >= 0.3 is 0 Å². The molecule has 10 heteroatoms. The highest BCUT2D eigenvalue weighted by molar-refractivity contribution is 6.04. The number of H-pyrrole nitrogens is 1. The summed E-state index contributed by atoms with van der Waals surface area (Å²) in [6.45, 7) is 0.327. The van der Waals surface area contributed by atoms with Crippen LogP contribution in [0.15, 0.2) is 34.9 Å². The Balaban J connectivity index is 1.85. The third-order valence-corrected chi connectivity index (χ3v) is 3.49. The van der Waals surface area contributed by atoms with Gasteiger partial charge in [0.1, 0.15) is 5.75 Å². The summed E-state index contributed by atoms with van der Waals surface area (Å²) in [6.07, 6.45) is 0.416.